The SMILES string of the molecule is c1cc2ccc3ccc(-c4ccc5cc(-c6ccc7c8cccc9cccc(c%10cccc6c%107)c98)ccc5c4)c4sc(c1)c2c34. The average Bonchev–Trinajstić information content (AvgIpc) is 3.50. The van der Waals surface area contributed by atoms with E-state index in [-0.39, 0.29) is 0 Å². The van der Waals surface area contributed by atoms with E-state index in [0.717, 1.165) is 0 Å². The van der Waals surface area contributed by atoms with Crippen LogP contribution in [0.25, 0.3) is 107 Å². The quantitative estimate of drug-likeness (QED) is 0.140. The fourth-order valence-electron chi connectivity index (χ4n) is 8.14. The summed E-state index contributed by atoms with van der Waals surface area (Å²) in [6.45, 7) is 0. The molecular formula is C44H24S. The predicted molar refractivity (Wildman–Crippen MR) is 198 cm³/mol. The number of hydrogen-bond donors (Lipinski definition) is 0. The maximum atomic E-state index is 2.37. The van der Waals surface area contributed by atoms with Gasteiger partial charge in [-0.1, -0.05) is 127 Å². The standard InChI is InChI=1S/C44H24S/c1-5-25-6-2-9-36-38-22-21-32(34-10-4-11-37(43(34)38)35(8-1)40(25)36)30-17-15-29-24-31(18-16-28(29)23-30)33-20-19-27-14-13-26-7-3-12-39-41(26)42(27)44(33)45-39/h1-24H. The molecular weight excluding hydrogens is 561 g/mol. The first-order valence-corrected chi connectivity index (χ1v) is 16.4. The van der Waals surface area contributed by atoms with Gasteiger partial charge in [0.15, 0.2) is 0 Å². The molecule has 11 rings (SSSR count). The summed E-state index contributed by atoms with van der Waals surface area (Å²) in [5, 5.41) is 18.7. The van der Waals surface area contributed by atoms with Crippen molar-refractivity contribution in [2.24, 2.45) is 0 Å². The fourth-order valence-corrected chi connectivity index (χ4v) is 9.44. The molecule has 0 amide bonds. The Balaban J connectivity index is 1.09. The predicted octanol–water partition coefficient (Wildman–Crippen LogP) is 13.2. The number of rotatable bonds is 2. The molecule has 206 valence electrons. The van der Waals surface area contributed by atoms with Crippen molar-refractivity contribution in [2.45, 2.75) is 0 Å². The summed E-state index contributed by atoms with van der Waals surface area (Å²) in [5.41, 5.74) is 5.14. The van der Waals surface area contributed by atoms with Crippen molar-refractivity contribution in [3.63, 3.8) is 0 Å². The van der Waals surface area contributed by atoms with Crippen LogP contribution in [-0.4, -0.2) is 0 Å². The van der Waals surface area contributed by atoms with Gasteiger partial charge in [0.25, 0.3) is 0 Å². The van der Waals surface area contributed by atoms with Crippen LogP contribution < -0.4 is 0 Å². The second-order valence-electron chi connectivity index (χ2n) is 12.4. The normalized spacial score (nSPS) is 12.4. The van der Waals surface area contributed by atoms with Gasteiger partial charge in [-0.3, -0.25) is 0 Å². The Labute approximate surface area is 263 Å². The van der Waals surface area contributed by atoms with Crippen LogP contribution in [0.1, 0.15) is 0 Å². The largest absolute Gasteiger partial charge is 0.134 e. The molecule has 45 heavy (non-hydrogen) atoms. The van der Waals surface area contributed by atoms with Gasteiger partial charge >= 0.3 is 0 Å². The molecule has 11 aromatic rings. The zero-order valence-corrected chi connectivity index (χ0v) is 25.1. The molecule has 0 spiro atoms. The highest BCUT2D eigenvalue weighted by Crippen LogP contribution is 2.46. The van der Waals surface area contributed by atoms with Crippen LogP contribution in [0.4, 0.5) is 0 Å². The number of benzene rings is 10. The zero-order valence-electron chi connectivity index (χ0n) is 24.3. The van der Waals surface area contributed by atoms with Crippen molar-refractivity contribution in [1.82, 2.24) is 0 Å². The first-order valence-electron chi connectivity index (χ1n) is 15.6. The monoisotopic (exact) mass is 584 g/mol. The Morgan fingerprint density at radius 3 is 1.58 bits per heavy atom. The van der Waals surface area contributed by atoms with Gasteiger partial charge in [-0.25, -0.2) is 0 Å². The molecule has 1 aromatic heterocycles. The lowest BCUT2D eigenvalue weighted by atomic mass is 9.87. The number of thiophene rings is 1. The van der Waals surface area contributed by atoms with Gasteiger partial charge in [0, 0.05) is 20.2 Å². The molecule has 1 heteroatoms. The van der Waals surface area contributed by atoms with Gasteiger partial charge in [0.1, 0.15) is 0 Å². The van der Waals surface area contributed by atoms with E-state index in [0.29, 0.717) is 0 Å². The lowest BCUT2D eigenvalue weighted by molar-refractivity contribution is 1.68. The van der Waals surface area contributed by atoms with Crippen LogP contribution in [0.5, 0.6) is 0 Å². The van der Waals surface area contributed by atoms with E-state index < -0.39 is 0 Å². The maximum Gasteiger partial charge on any atom is 0.0440 e. The van der Waals surface area contributed by atoms with Gasteiger partial charge in [-0.05, 0) is 105 Å². The molecule has 10 aromatic carbocycles. The molecule has 0 N–H and O–H groups in total. The highest BCUT2D eigenvalue weighted by atomic mass is 32.1. The molecule has 0 saturated carbocycles. The van der Waals surface area contributed by atoms with Crippen molar-refractivity contribution in [3.05, 3.63) is 146 Å². The Morgan fingerprint density at radius 1 is 0.311 bits per heavy atom. The summed E-state index contributed by atoms with van der Waals surface area (Å²) in [6.07, 6.45) is 0. The number of fused-ring (bicyclic) bond motifs is 3. The Bertz CT molecular complexity index is 2930. The van der Waals surface area contributed by atoms with Gasteiger partial charge in [0.2, 0.25) is 0 Å². The zero-order chi connectivity index (χ0) is 29.2. The summed E-state index contributed by atoms with van der Waals surface area (Å²) in [7, 11) is 0. The van der Waals surface area contributed by atoms with E-state index >= 15 is 0 Å². The second kappa shape index (κ2) is 8.57. The van der Waals surface area contributed by atoms with Crippen LogP contribution in [0.2, 0.25) is 0 Å². The molecule has 0 aliphatic heterocycles. The number of hydrogen-bond acceptors (Lipinski definition) is 1. The topological polar surface area (TPSA) is 0 Å². The Morgan fingerprint density at radius 2 is 0.822 bits per heavy atom. The smallest absolute Gasteiger partial charge is 0.0440 e. The van der Waals surface area contributed by atoms with Crippen LogP contribution in [0.15, 0.2) is 146 Å². The molecule has 0 atom stereocenters. The average molecular weight is 585 g/mol. The highest BCUT2D eigenvalue weighted by molar-refractivity contribution is 7.26. The third kappa shape index (κ3) is 3.16. The van der Waals surface area contributed by atoms with Crippen molar-refractivity contribution < 1.29 is 0 Å². The summed E-state index contributed by atoms with van der Waals surface area (Å²) in [5.74, 6) is 0. The Kier molecular flexibility index (Phi) is 4.55. The van der Waals surface area contributed by atoms with Gasteiger partial charge in [-0.2, -0.15) is 0 Å². The van der Waals surface area contributed by atoms with E-state index in [9.17, 15) is 0 Å². The molecule has 0 fully saturated rings. The van der Waals surface area contributed by atoms with E-state index in [1.54, 1.807) is 0 Å². The van der Waals surface area contributed by atoms with E-state index in [1.807, 2.05) is 11.3 Å². The third-order valence-electron chi connectivity index (χ3n) is 10.1. The summed E-state index contributed by atoms with van der Waals surface area (Å²) >= 11 is 1.92. The van der Waals surface area contributed by atoms with Crippen LogP contribution >= 0.6 is 11.3 Å². The third-order valence-corrected chi connectivity index (χ3v) is 11.3. The maximum absolute atomic E-state index is 2.37. The fraction of sp³-hybridized carbons (Fsp3) is 0. The first-order chi connectivity index (χ1) is 22.3. The van der Waals surface area contributed by atoms with Crippen LogP contribution in [0, 0.1) is 0 Å². The van der Waals surface area contributed by atoms with Gasteiger partial charge < -0.3 is 0 Å². The lowest BCUT2D eigenvalue weighted by Gasteiger charge is -2.17. The molecule has 1 heterocycles. The summed E-state index contributed by atoms with van der Waals surface area (Å²) < 4.78 is 2.75. The van der Waals surface area contributed by atoms with Crippen molar-refractivity contribution in [3.8, 4) is 22.3 Å². The molecule has 0 unspecified atom stereocenters. The molecule has 0 aliphatic carbocycles. The van der Waals surface area contributed by atoms with E-state index in [4.69, 9.17) is 0 Å². The molecule has 0 nitrogen and oxygen atoms in total. The second-order valence-corrected chi connectivity index (χ2v) is 13.5. The lowest BCUT2D eigenvalue weighted by Crippen LogP contribution is -1.89. The van der Waals surface area contributed by atoms with Crippen molar-refractivity contribution in [1.29, 1.82) is 0 Å². The molecule has 0 aliphatic rings. The Hall–Kier alpha value is -5.50. The molecule has 0 bridgehead atoms. The van der Waals surface area contributed by atoms with Crippen LogP contribution in [-0.2, 0) is 0 Å². The van der Waals surface area contributed by atoms with Crippen LogP contribution in [0.3, 0.4) is 0 Å². The summed E-state index contributed by atoms with van der Waals surface area (Å²) in [4.78, 5) is 0. The molecule has 0 saturated heterocycles. The first kappa shape index (κ1) is 23.9. The van der Waals surface area contributed by atoms with E-state index in [1.165, 1.54) is 107 Å². The van der Waals surface area contributed by atoms with Crippen molar-refractivity contribution >= 4 is 96.1 Å². The minimum atomic E-state index is 1.26. The molecule has 0 radical (unpaired) electrons. The minimum Gasteiger partial charge on any atom is -0.134 e. The van der Waals surface area contributed by atoms with Crippen molar-refractivity contribution in [2.75, 3.05) is 0 Å². The summed E-state index contributed by atoms with van der Waals surface area (Å²) in [6, 6.07) is 54.7. The van der Waals surface area contributed by atoms with E-state index in [2.05, 4.69) is 146 Å². The highest BCUT2D eigenvalue weighted by Gasteiger charge is 2.17. The minimum absolute atomic E-state index is 1.26. The van der Waals surface area contributed by atoms with Gasteiger partial charge in [0.05, 0.1) is 0 Å². The van der Waals surface area contributed by atoms with Gasteiger partial charge in [-0.15, -0.1) is 11.3 Å².